The maximum Gasteiger partial charge on any atom is 0.254 e. The van der Waals surface area contributed by atoms with Crippen LogP contribution in [0.1, 0.15) is 0 Å². The van der Waals surface area contributed by atoms with Crippen molar-refractivity contribution in [2.75, 3.05) is 19.0 Å². The molecule has 21 heavy (non-hydrogen) atoms. The number of benzene rings is 2. The molecule has 0 aliphatic heterocycles. The predicted molar refractivity (Wildman–Crippen MR) is 81.4 cm³/mol. The number of hydrogen-bond donors (Lipinski definition) is 2. The Morgan fingerprint density at radius 2 is 1.71 bits per heavy atom. The molecular formula is C16H18N2O3. The highest BCUT2D eigenvalue weighted by Gasteiger charge is 2.15. The van der Waals surface area contributed by atoms with Gasteiger partial charge in [-0.15, -0.1) is 0 Å². The summed E-state index contributed by atoms with van der Waals surface area (Å²) in [5.41, 5.74) is 6.10. The Balaban J connectivity index is 1.97. The van der Waals surface area contributed by atoms with Gasteiger partial charge in [0.2, 0.25) is 0 Å². The van der Waals surface area contributed by atoms with Crippen LogP contribution in [0.2, 0.25) is 0 Å². The topological polar surface area (TPSA) is 73.6 Å². The number of methoxy groups -OCH3 is 1. The molecule has 0 heterocycles. The number of amides is 1. The van der Waals surface area contributed by atoms with E-state index in [1.54, 1.807) is 24.3 Å². The van der Waals surface area contributed by atoms with Crippen LogP contribution >= 0.6 is 0 Å². The van der Waals surface area contributed by atoms with Crippen LogP contribution < -0.4 is 15.8 Å². The van der Waals surface area contributed by atoms with Crippen molar-refractivity contribution in [2.45, 2.75) is 6.10 Å². The van der Waals surface area contributed by atoms with E-state index in [2.05, 4.69) is 5.32 Å². The van der Waals surface area contributed by atoms with Crippen molar-refractivity contribution in [3.63, 3.8) is 0 Å². The molecule has 0 aromatic heterocycles. The SMILES string of the molecule is COC(CN)C(=O)Nc1ccc(Oc2ccccc2)cc1. The minimum Gasteiger partial charge on any atom is -0.457 e. The van der Waals surface area contributed by atoms with Crippen LogP contribution in [0.5, 0.6) is 11.5 Å². The van der Waals surface area contributed by atoms with Gasteiger partial charge in [-0.2, -0.15) is 0 Å². The van der Waals surface area contributed by atoms with Gasteiger partial charge in [0.1, 0.15) is 17.6 Å². The number of anilines is 1. The zero-order valence-electron chi connectivity index (χ0n) is 11.8. The molecule has 0 aliphatic carbocycles. The van der Waals surface area contributed by atoms with Gasteiger partial charge in [0.05, 0.1) is 0 Å². The van der Waals surface area contributed by atoms with E-state index in [0.717, 1.165) is 5.75 Å². The monoisotopic (exact) mass is 286 g/mol. The lowest BCUT2D eigenvalue weighted by molar-refractivity contribution is -0.125. The average Bonchev–Trinajstić information content (AvgIpc) is 2.51. The summed E-state index contributed by atoms with van der Waals surface area (Å²) in [7, 11) is 1.45. The third kappa shape index (κ3) is 4.30. The minimum atomic E-state index is -0.648. The van der Waals surface area contributed by atoms with E-state index in [4.69, 9.17) is 15.2 Å². The largest absolute Gasteiger partial charge is 0.457 e. The van der Waals surface area contributed by atoms with E-state index in [0.29, 0.717) is 11.4 Å². The molecule has 0 fully saturated rings. The Morgan fingerprint density at radius 3 is 2.29 bits per heavy atom. The number of rotatable bonds is 6. The van der Waals surface area contributed by atoms with Gasteiger partial charge in [0.15, 0.2) is 0 Å². The quantitative estimate of drug-likeness (QED) is 0.855. The molecular weight excluding hydrogens is 268 g/mol. The zero-order chi connectivity index (χ0) is 15.1. The standard InChI is InChI=1S/C16H18N2O3/c1-20-15(11-17)16(19)18-12-7-9-14(10-8-12)21-13-5-3-2-4-6-13/h2-10,15H,11,17H2,1H3,(H,18,19). The molecule has 1 unspecified atom stereocenters. The normalized spacial score (nSPS) is 11.7. The van der Waals surface area contributed by atoms with Gasteiger partial charge >= 0.3 is 0 Å². The second-order valence-corrected chi connectivity index (χ2v) is 4.39. The summed E-state index contributed by atoms with van der Waals surface area (Å²) < 4.78 is 10.6. The molecule has 0 saturated carbocycles. The second-order valence-electron chi connectivity index (χ2n) is 4.39. The Hall–Kier alpha value is -2.37. The molecule has 0 saturated heterocycles. The zero-order valence-corrected chi connectivity index (χ0v) is 11.8. The van der Waals surface area contributed by atoms with Crippen LogP contribution in [0.25, 0.3) is 0 Å². The fraction of sp³-hybridized carbons (Fsp3) is 0.188. The van der Waals surface area contributed by atoms with Gasteiger partial charge in [-0.1, -0.05) is 18.2 Å². The Labute approximate surface area is 123 Å². The van der Waals surface area contributed by atoms with Gasteiger partial charge in [-0.05, 0) is 36.4 Å². The fourth-order valence-corrected chi connectivity index (χ4v) is 1.76. The highest BCUT2D eigenvalue weighted by molar-refractivity contribution is 5.94. The van der Waals surface area contributed by atoms with Crippen molar-refractivity contribution in [3.8, 4) is 11.5 Å². The highest BCUT2D eigenvalue weighted by Crippen LogP contribution is 2.22. The number of ether oxygens (including phenoxy) is 2. The first kappa shape index (κ1) is 15.0. The first-order valence-corrected chi connectivity index (χ1v) is 6.59. The molecule has 110 valence electrons. The maximum absolute atomic E-state index is 11.8. The molecule has 2 aromatic rings. The van der Waals surface area contributed by atoms with Gasteiger partial charge in [0.25, 0.3) is 5.91 Å². The number of para-hydroxylation sites is 1. The number of carbonyl (C=O) groups excluding carboxylic acids is 1. The van der Waals surface area contributed by atoms with Gasteiger partial charge in [-0.25, -0.2) is 0 Å². The summed E-state index contributed by atoms with van der Waals surface area (Å²) in [5.74, 6) is 1.19. The maximum atomic E-state index is 11.8. The van der Waals surface area contributed by atoms with Crippen LogP contribution in [0, 0.1) is 0 Å². The van der Waals surface area contributed by atoms with E-state index in [9.17, 15) is 4.79 Å². The molecule has 1 amide bonds. The molecule has 5 nitrogen and oxygen atoms in total. The van der Waals surface area contributed by atoms with Gasteiger partial charge in [0, 0.05) is 19.3 Å². The van der Waals surface area contributed by atoms with Crippen molar-refractivity contribution >= 4 is 11.6 Å². The van der Waals surface area contributed by atoms with Crippen LogP contribution in [-0.4, -0.2) is 25.7 Å². The molecule has 0 radical (unpaired) electrons. The van der Waals surface area contributed by atoms with E-state index < -0.39 is 6.10 Å². The second kappa shape index (κ2) is 7.42. The molecule has 3 N–H and O–H groups in total. The van der Waals surface area contributed by atoms with Crippen molar-refractivity contribution < 1.29 is 14.3 Å². The van der Waals surface area contributed by atoms with Crippen molar-refractivity contribution in [1.29, 1.82) is 0 Å². The van der Waals surface area contributed by atoms with Gasteiger partial charge < -0.3 is 20.5 Å². The lowest BCUT2D eigenvalue weighted by Crippen LogP contribution is -2.35. The Morgan fingerprint density at radius 1 is 1.10 bits per heavy atom. The Bertz CT molecular complexity index is 566. The summed E-state index contributed by atoms with van der Waals surface area (Å²) in [6, 6.07) is 16.6. The minimum absolute atomic E-state index is 0.136. The van der Waals surface area contributed by atoms with Crippen LogP contribution in [0.4, 0.5) is 5.69 Å². The van der Waals surface area contributed by atoms with E-state index >= 15 is 0 Å². The lowest BCUT2D eigenvalue weighted by Gasteiger charge is -2.13. The van der Waals surface area contributed by atoms with Crippen LogP contribution in [0.3, 0.4) is 0 Å². The lowest BCUT2D eigenvalue weighted by atomic mass is 10.2. The van der Waals surface area contributed by atoms with E-state index in [1.807, 2.05) is 30.3 Å². The van der Waals surface area contributed by atoms with Crippen molar-refractivity contribution in [2.24, 2.45) is 5.73 Å². The predicted octanol–water partition coefficient (Wildman–Crippen LogP) is 2.39. The third-order valence-corrected chi connectivity index (χ3v) is 2.89. The van der Waals surface area contributed by atoms with E-state index in [-0.39, 0.29) is 12.5 Å². The number of nitrogens with one attached hydrogen (secondary N) is 1. The summed E-state index contributed by atoms with van der Waals surface area (Å²) in [4.78, 5) is 11.8. The summed E-state index contributed by atoms with van der Waals surface area (Å²) in [5, 5.41) is 2.74. The van der Waals surface area contributed by atoms with Crippen molar-refractivity contribution in [3.05, 3.63) is 54.6 Å². The molecule has 0 aliphatic rings. The highest BCUT2D eigenvalue weighted by atomic mass is 16.5. The van der Waals surface area contributed by atoms with Crippen LogP contribution in [-0.2, 0) is 9.53 Å². The number of nitrogens with two attached hydrogens (primary N) is 1. The average molecular weight is 286 g/mol. The molecule has 1 atom stereocenters. The molecule has 2 aromatic carbocycles. The molecule has 2 rings (SSSR count). The molecule has 0 spiro atoms. The summed E-state index contributed by atoms with van der Waals surface area (Å²) in [6.07, 6.45) is -0.648. The van der Waals surface area contributed by atoms with Crippen LogP contribution in [0.15, 0.2) is 54.6 Å². The first-order valence-electron chi connectivity index (χ1n) is 6.59. The third-order valence-electron chi connectivity index (χ3n) is 2.89. The summed E-state index contributed by atoms with van der Waals surface area (Å²) >= 11 is 0. The first-order chi connectivity index (χ1) is 10.2. The Kier molecular flexibility index (Phi) is 5.31. The van der Waals surface area contributed by atoms with Crippen molar-refractivity contribution in [1.82, 2.24) is 0 Å². The number of hydrogen-bond acceptors (Lipinski definition) is 4. The van der Waals surface area contributed by atoms with E-state index in [1.165, 1.54) is 7.11 Å². The smallest absolute Gasteiger partial charge is 0.254 e. The number of carbonyl (C=O) groups is 1. The summed E-state index contributed by atoms with van der Waals surface area (Å²) in [6.45, 7) is 0.136. The van der Waals surface area contributed by atoms with Gasteiger partial charge in [-0.3, -0.25) is 4.79 Å². The molecule has 0 bridgehead atoms. The molecule has 5 heteroatoms. The fourth-order valence-electron chi connectivity index (χ4n) is 1.76.